The first kappa shape index (κ1) is 20.4. The molecular formula is C28H27OP. The summed E-state index contributed by atoms with van der Waals surface area (Å²) in [5, 5.41) is 0. The van der Waals surface area contributed by atoms with Crippen molar-refractivity contribution >= 4 is 8.81 Å². The molecule has 0 radical (unpaired) electrons. The summed E-state index contributed by atoms with van der Waals surface area (Å²) >= 11 is 0. The lowest BCUT2D eigenvalue weighted by Crippen LogP contribution is -2.29. The van der Waals surface area contributed by atoms with Gasteiger partial charge in [-0.3, -0.25) is 0 Å². The molecule has 0 spiro atoms. The third-order valence-electron chi connectivity index (χ3n) is 5.56. The van der Waals surface area contributed by atoms with Gasteiger partial charge in [-0.15, -0.1) is 0 Å². The summed E-state index contributed by atoms with van der Waals surface area (Å²) in [6, 6.07) is 42.9. The van der Waals surface area contributed by atoms with Gasteiger partial charge in [0.1, 0.15) is 5.75 Å². The van der Waals surface area contributed by atoms with E-state index in [1.165, 1.54) is 16.7 Å². The van der Waals surface area contributed by atoms with Crippen LogP contribution in [0, 0.1) is 0 Å². The van der Waals surface area contributed by atoms with Gasteiger partial charge in [0, 0.05) is 11.6 Å². The number of hydrogen-bond donors (Lipinski definition) is 0. The molecule has 0 N–H and O–H groups in total. The summed E-state index contributed by atoms with van der Waals surface area (Å²) in [4.78, 5) is 0. The highest BCUT2D eigenvalue weighted by molar-refractivity contribution is 7.32. The number of rotatable bonds is 9. The average Bonchev–Trinajstić information content (AvgIpc) is 2.84. The van der Waals surface area contributed by atoms with Crippen LogP contribution in [0.3, 0.4) is 0 Å². The van der Waals surface area contributed by atoms with Crippen LogP contribution in [-0.2, 0) is 5.41 Å². The van der Waals surface area contributed by atoms with Crippen molar-refractivity contribution in [2.24, 2.45) is 0 Å². The maximum atomic E-state index is 5.97. The average molecular weight is 410 g/mol. The molecule has 0 fully saturated rings. The Morgan fingerprint density at radius 2 is 0.933 bits per heavy atom. The highest BCUT2D eigenvalue weighted by Gasteiger charge is 2.35. The van der Waals surface area contributed by atoms with E-state index >= 15 is 0 Å². The molecule has 1 unspecified atom stereocenters. The van der Waals surface area contributed by atoms with Gasteiger partial charge in [0.25, 0.3) is 0 Å². The van der Waals surface area contributed by atoms with Crippen molar-refractivity contribution in [3.05, 3.63) is 138 Å². The van der Waals surface area contributed by atoms with Crippen LogP contribution in [0.5, 0.6) is 5.75 Å². The first-order chi connectivity index (χ1) is 14.9. The van der Waals surface area contributed by atoms with Crippen molar-refractivity contribution < 1.29 is 4.52 Å². The predicted octanol–water partition coefficient (Wildman–Crippen LogP) is 7.47. The van der Waals surface area contributed by atoms with Crippen LogP contribution in [0.4, 0.5) is 0 Å². The van der Waals surface area contributed by atoms with E-state index in [4.69, 9.17) is 4.52 Å². The van der Waals surface area contributed by atoms with Crippen molar-refractivity contribution in [2.45, 2.75) is 18.3 Å². The quantitative estimate of drug-likeness (QED) is 0.158. The zero-order chi connectivity index (χ0) is 20.5. The second-order valence-electron chi connectivity index (χ2n) is 7.42. The van der Waals surface area contributed by atoms with Gasteiger partial charge in [0.05, 0.1) is 8.81 Å². The number of para-hydroxylation sites is 1. The molecule has 1 atom stereocenters. The molecule has 0 aliphatic rings. The van der Waals surface area contributed by atoms with Gasteiger partial charge < -0.3 is 4.52 Å². The molecule has 4 aromatic carbocycles. The minimum absolute atomic E-state index is 0.166. The molecule has 0 bridgehead atoms. The van der Waals surface area contributed by atoms with E-state index < -0.39 is 0 Å². The van der Waals surface area contributed by atoms with Crippen LogP contribution < -0.4 is 4.52 Å². The van der Waals surface area contributed by atoms with Gasteiger partial charge in [-0.05, 0) is 41.7 Å². The Morgan fingerprint density at radius 3 is 1.37 bits per heavy atom. The fourth-order valence-electron chi connectivity index (χ4n) is 4.15. The fourth-order valence-corrected chi connectivity index (χ4v) is 4.88. The van der Waals surface area contributed by atoms with Crippen LogP contribution >= 0.6 is 8.81 Å². The van der Waals surface area contributed by atoms with Crippen molar-refractivity contribution in [3.63, 3.8) is 0 Å². The van der Waals surface area contributed by atoms with E-state index in [0.29, 0.717) is 8.81 Å². The van der Waals surface area contributed by atoms with E-state index in [-0.39, 0.29) is 5.41 Å². The molecule has 0 heterocycles. The van der Waals surface area contributed by atoms with E-state index in [1.54, 1.807) is 0 Å². The summed E-state index contributed by atoms with van der Waals surface area (Å²) in [7, 11) is 0.469. The van der Waals surface area contributed by atoms with E-state index in [1.807, 2.05) is 30.3 Å². The standard InChI is InChI=1S/C28H27OP/c1-5-14-24(15-6-1)28(25-16-7-2-8-17-25,26-18-9-3-10-19-26)22-13-23-30-29-27-20-11-4-12-21-27/h1-12,14-21,30H,13,22-23H2. The second-order valence-corrected chi connectivity index (χ2v) is 8.41. The summed E-state index contributed by atoms with van der Waals surface area (Å²) in [6.07, 6.45) is 3.17. The Balaban J connectivity index is 1.61. The van der Waals surface area contributed by atoms with Gasteiger partial charge in [0.15, 0.2) is 0 Å². The zero-order valence-corrected chi connectivity index (χ0v) is 18.1. The minimum Gasteiger partial charge on any atom is -0.477 e. The van der Waals surface area contributed by atoms with Crippen LogP contribution in [0.1, 0.15) is 29.5 Å². The predicted molar refractivity (Wildman–Crippen MR) is 129 cm³/mol. The van der Waals surface area contributed by atoms with Crippen molar-refractivity contribution in [2.75, 3.05) is 6.16 Å². The smallest absolute Gasteiger partial charge is 0.122 e. The SMILES string of the molecule is c1ccc(OPCCCC(c2ccccc2)(c2ccccc2)c2ccccc2)cc1. The summed E-state index contributed by atoms with van der Waals surface area (Å²) in [6.45, 7) is 0. The van der Waals surface area contributed by atoms with Crippen molar-refractivity contribution in [1.29, 1.82) is 0 Å². The molecule has 1 nitrogen and oxygen atoms in total. The van der Waals surface area contributed by atoms with Crippen LogP contribution in [0.2, 0.25) is 0 Å². The third kappa shape index (κ3) is 4.64. The molecular weight excluding hydrogens is 383 g/mol. The molecule has 0 saturated carbocycles. The van der Waals surface area contributed by atoms with Crippen LogP contribution in [0.15, 0.2) is 121 Å². The Morgan fingerprint density at radius 1 is 0.533 bits per heavy atom. The van der Waals surface area contributed by atoms with Crippen LogP contribution in [0.25, 0.3) is 0 Å². The lowest BCUT2D eigenvalue weighted by molar-refractivity contribution is 0.546. The molecule has 0 aliphatic heterocycles. The maximum absolute atomic E-state index is 5.97. The highest BCUT2D eigenvalue weighted by Crippen LogP contribution is 2.43. The summed E-state index contributed by atoms with van der Waals surface area (Å²) in [5.74, 6) is 0.955. The molecule has 2 heteroatoms. The third-order valence-corrected chi connectivity index (χ3v) is 6.50. The van der Waals surface area contributed by atoms with E-state index in [0.717, 1.165) is 24.8 Å². The molecule has 4 aromatic rings. The Labute approximate surface area is 181 Å². The highest BCUT2D eigenvalue weighted by atomic mass is 31.1. The van der Waals surface area contributed by atoms with Crippen LogP contribution in [-0.4, -0.2) is 6.16 Å². The fraction of sp³-hybridized carbons (Fsp3) is 0.143. The lowest BCUT2D eigenvalue weighted by Gasteiger charge is -2.36. The van der Waals surface area contributed by atoms with Gasteiger partial charge in [-0.25, -0.2) is 0 Å². The first-order valence-corrected chi connectivity index (χ1v) is 11.6. The van der Waals surface area contributed by atoms with Crippen molar-refractivity contribution in [3.8, 4) is 5.75 Å². The van der Waals surface area contributed by atoms with Gasteiger partial charge >= 0.3 is 0 Å². The van der Waals surface area contributed by atoms with E-state index in [9.17, 15) is 0 Å². The van der Waals surface area contributed by atoms with Gasteiger partial charge in [-0.2, -0.15) is 0 Å². The Hall–Kier alpha value is -2.89. The molecule has 150 valence electrons. The molecule has 0 amide bonds. The van der Waals surface area contributed by atoms with Gasteiger partial charge in [-0.1, -0.05) is 109 Å². The number of hydrogen-bond acceptors (Lipinski definition) is 1. The molecule has 0 saturated heterocycles. The largest absolute Gasteiger partial charge is 0.477 e. The molecule has 0 aliphatic carbocycles. The van der Waals surface area contributed by atoms with Gasteiger partial charge in [0.2, 0.25) is 0 Å². The first-order valence-electron chi connectivity index (χ1n) is 10.5. The summed E-state index contributed by atoms with van der Waals surface area (Å²) < 4.78 is 5.97. The molecule has 4 rings (SSSR count). The molecule has 0 aromatic heterocycles. The Bertz CT molecular complexity index is 905. The molecule has 30 heavy (non-hydrogen) atoms. The topological polar surface area (TPSA) is 9.23 Å². The Kier molecular flexibility index (Phi) is 6.95. The zero-order valence-electron chi connectivity index (χ0n) is 17.1. The maximum Gasteiger partial charge on any atom is 0.122 e. The number of benzene rings is 4. The normalized spacial score (nSPS) is 11.6. The second kappa shape index (κ2) is 10.2. The monoisotopic (exact) mass is 410 g/mol. The van der Waals surface area contributed by atoms with Crippen molar-refractivity contribution in [1.82, 2.24) is 0 Å². The summed E-state index contributed by atoms with van der Waals surface area (Å²) in [5.41, 5.74) is 3.86. The lowest BCUT2D eigenvalue weighted by atomic mass is 9.67. The van der Waals surface area contributed by atoms with E-state index in [2.05, 4.69) is 91.0 Å². The minimum atomic E-state index is -0.166.